The molecule has 168 valence electrons. The zero-order chi connectivity index (χ0) is 22.3. The average molecular weight is 455 g/mol. The number of benzene rings is 1. The van der Waals surface area contributed by atoms with Crippen LogP contribution in [0.1, 0.15) is 31.7 Å². The topological polar surface area (TPSA) is 92.3 Å². The number of alkyl carbamates (subject to hydrolysis) is 1. The van der Waals surface area contributed by atoms with Gasteiger partial charge in [-0.1, -0.05) is 36.7 Å². The summed E-state index contributed by atoms with van der Waals surface area (Å²) in [7, 11) is 0. The summed E-state index contributed by atoms with van der Waals surface area (Å²) >= 11 is 6.23. The number of hydrogen-bond donors (Lipinski definition) is 2. The molecule has 0 radical (unpaired) electrons. The molecule has 9 heteroatoms. The van der Waals surface area contributed by atoms with Crippen LogP contribution in [0.15, 0.2) is 42.7 Å². The number of nitrogens with zero attached hydrogens (tertiary/aromatic N) is 4. The fourth-order valence-electron chi connectivity index (χ4n) is 3.74. The SMILES string of the molecule is CCCNC(=O)OC1CCCN(c2nccc3nc(NCc4ccccc4Cl)ncc23)C1. The Morgan fingerprint density at radius 1 is 1.28 bits per heavy atom. The first kappa shape index (κ1) is 22.1. The number of fused-ring (bicyclic) bond motifs is 1. The lowest BCUT2D eigenvalue weighted by molar-refractivity contribution is 0.0883. The van der Waals surface area contributed by atoms with Crippen LogP contribution >= 0.6 is 11.6 Å². The molecule has 1 atom stereocenters. The Kier molecular flexibility index (Phi) is 7.21. The molecule has 3 aromatic rings. The minimum atomic E-state index is -0.359. The second-order valence-corrected chi connectivity index (χ2v) is 8.16. The van der Waals surface area contributed by atoms with Crippen molar-refractivity contribution in [2.45, 2.75) is 38.8 Å². The van der Waals surface area contributed by atoms with Crippen LogP contribution in [0.5, 0.6) is 0 Å². The van der Waals surface area contributed by atoms with Crippen molar-refractivity contribution in [2.24, 2.45) is 0 Å². The maximum absolute atomic E-state index is 11.9. The van der Waals surface area contributed by atoms with E-state index in [0.29, 0.717) is 30.6 Å². The number of amides is 1. The monoisotopic (exact) mass is 454 g/mol. The number of rotatable bonds is 7. The molecule has 1 fully saturated rings. The van der Waals surface area contributed by atoms with Gasteiger partial charge in [0, 0.05) is 37.1 Å². The number of ether oxygens (including phenoxy) is 1. The number of nitrogens with one attached hydrogen (secondary N) is 2. The summed E-state index contributed by atoms with van der Waals surface area (Å²) in [4.78, 5) is 27.8. The average Bonchev–Trinajstić information content (AvgIpc) is 2.82. The maximum atomic E-state index is 11.9. The highest BCUT2D eigenvalue weighted by atomic mass is 35.5. The molecule has 1 amide bonds. The van der Waals surface area contributed by atoms with E-state index in [2.05, 4.69) is 30.5 Å². The molecular weight excluding hydrogens is 428 g/mol. The molecule has 1 aliphatic heterocycles. The lowest BCUT2D eigenvalue weighted by Crippen LogP contribution is -2.42. The summed E-state index contributed by atoms with van der Waals surface area (Å²) in [5, 5.41) is 7.57. The van der Waals surface area contributed by atoms with Crippen molar-refractivity contribution in [3.63, 3.8) is 0 Å². The van der Waals surface area contributed by atoms with Crippen molar-refractivity contribution in [1.82, 2.24) is 20.3 Å². The number of pyridine rings is 1. The van der Waals surface area contributed by atoms with Gasteiger partial charge >= 0.3 is 6.09 Å². The largest absolute Gasteiger partial charge is 0.444 e. The Labute approximate surface area is 192 Å². The summed E-state index contributed by atoms with van der Waals surface area (Å²) < 4.78 is 5.59. The molecule has 4 rings (SSSR count). The summed E-state index contributed by atoms with van der Waals surface area (Å²) in [6.45, 7) is 4.60. The van der Waals surface area contributed by atoms with Gasteiger partial charge in [0.2, 0.25) is 5.95 Å². The summed E-state index contributed by atoms with van der Waals surface area (Å²) in [6.07, 6.45) is 5.65. The molecule has 0 spiro atoms. The quantitative estimate of drug-likeness (QED) is 0.546. The molecule has 3 heterocycles. The Morgan fingerprint density at radius 3 is 3.00 bits per heavy atom. The van der Waals surface area contributed by atoms with Gasteiger partial charge in [-0.25, -0.2) is 19.7 Å². The fraction of sp³-hybridized carbons (Fsp3) is 0.391. The predicted octanol–water partition coefficient (Wildman–Crippen LogP) is 4.40. The zero-order valence-electron chi connectivity index (χ0n) is 18.1. The number of hydrogen-bond acceptors (Lipinski definition) is 7. The van der Waals surface area contributed by atoms with Gasteiger partial charge < -0.3 is 20.3 Å². The normalized spacial score (nSPS) is 16.1. The van der Waals surface area contributed by atoms with Crippen molar-refractivity contribution in [3.8, 4) is 0 Å². The fourth-order valence-corrected chi connectivity index (χ4v) is 3.94. The van der Waals surface area contributed by atoms with Gasteiger partial charge in [0.05, 0.1) is 17.4 Å². The minimum Gasteiger partial charge on any atom is -0.444 e. The first-order valence-electron chi connectivity index (χ1n) is 10.9. The molecule has 0 aliphatic carbocycles. The predicted molar refractivity (Wildman–Crippen MR) is 126 cm³/mol. The van der Waals surface area contributed by atoms with Crippen molar-refractivity contribution in [3.05, 3.63) is 53.3 Å². The molecule has 1 unspecified atom stereocenters. The molecule has 1 saturated heterocycles. The van der Waals surface area contributed by atoms with E-state index in [-0.39, 0.29) is 12.2 Å². The highest BCUT2D eigenvalue weighted by Crippen LogP contribution is 2.27. The Morgan fingerprint density at radius 2 is 2.16 bits per heavy atom. The zero-order valence-corrected chi connectivity index (χ0v) is 18.8. The van der Waals surface area contributed by atoms with Gasteiger partial charge in [-0.3, -0.25) is 0 Å². The summed E-state index contributed by atoms with van der Waals surface area (Å²) in [5.74, 6) is 1.34. The smallest absolute Gasteiger partial charge is 0.407 e. The number of anilines is 2. The van der Waals surface area contributed by atoms with Crippen molar-refractivity contribution in [1.29, 1.82) is 0 Å². The molecule has 1 aromatic carbocycles. The van der Waals surface area contributed by atoms with Crippen LogP contribution in [0, 0.1) is 0 Å². The molecule has 1 aliphatic rings. The lowest BCUT2D eigenvalue weighted by atomic mass is 10.1. The van der Waals surface area contributed by atoms with Crippen molar-refractivity contribution >= 4 is 40.4 Å². The first-order valence-corrected chi connectivity index (χ1v) is 11.3. The van der Waals surface area contributed by atoms with Crippen LogP contribution in [0.4, 0.5) is 16.6 Å². The second-order valence-electron chi connectivity index (χ2n) is 7.75. The van der Waals surface area contributed by atoms with Gasteiger partial charge in [0.1, 0.15) is 11.9 Å². The van der Waals surface area contributed by atoms with Crippen LogP contribution in [-0.2, 0) is 11.3 Å². The van der Waals surface area contributed by atoms with Crippen LogP contribution < -0.4 is 15.5 Å². The number of carbonyl (C=O) groups is 1. The lowest BCUT2D eigenvalue weighted by Gasteiger charge is -2.33. The third-order valence-corrected chi connectivity index (χ3v) is 5.72. The molecular formula is C23H27ClN6O2. The third kappa shape index (κ3) is 5.37. The van der Waals surface area contributed by atoms with Gasteiger partial charge in [0.25, 0.3) is 0 Å². The van der Waals surface area contributed by atoms with Gasteiger partial charge in [-0.15, -0.1) is 0 Å². The summed E-state index contributed by atoms with van der Waals surface area (Å²) in [6, 6.07) is 9.56. The number of halogens is 1. The molecule has 0 bridgehead atoms. The highest BCUT2D eigenvalue weighted by molar-refractivity contribution is 6.31. The van der Waals surface area contributed by atoms with Crippen LogP contribution in [0.25, 0.3) is 10.9 Å². The van der Waals surface area contributed by atoms with Gasteiger partial charge in [-0.2, -0.15) is 0 Å². The van der Waals surface area contributed by atoms with E-state index < -0.39 is 0 Å². The van der Waals surface area contributed by atoms with E-state index in [4.69, 9.17) is 16.3 Å². The maximum Gasteiger partial charge on any atom is 0.407 e. The molecule has 0 saturated carbocycles. The first-order chi connectivity index (χ1) is 15.6. The summed E-state index contributed by atoms with van der Waals surface area (Å²) in [5.41, 5.74) is 1.78. The minimum absolute atomic E-state index is 0.171. The Bertz CT molecular complexity index is 1080. The van der Waals surface area contributed by atoms with Gasteiger partial charge in [0.15, 0.2) is 0 Å². The molecule has 2 aromatic heterocycles. The van der Waals surface area contributed by atoms with Crippen LogP contribution in [0.2, 0.25) is 5.02 Å². The van der Waals surface area contributed by atoms with E-state index in [1.165, 1.54) is 0 Å². The molecule has 2 N–H and O–H groups in total. The van der Waals surface area contributed by atoms with Crippen LogP contribution in [-0.4, -0.2) is 46.8 Å². The molecule has 8 nitrogen and oxygen atoms in total. The van der Waals surface area contributed by atoms with Crippen molar-refractivity contribution in [2.75, 3.05) is 29.9 Å². The van der Waals surface area contributed by atoms with Gasteiger partial charge in [-0.05, 0) is 37.0 Å². The number of piperidine rings is 1. The van der Waals surface area contributed by atoms with Crippen molar-refractivity contribution < 1.29 is 9.53 Å². The number of carbonyl (C=O) groups excluding carboxylic acids is 1. The van der Waals surface area contributed by atoms with Crippen LogP contribution in [0.3, 0.4) is 0 Å². The Hall–Kier alpha value is -3.13. The highest BCUT2D eigenvalue weighted by Gasteiger charge is 2.25. The standard InChI is InChI=1S/C23H27ClN6O2/c1-2-10-26-23(31)32-17-7-5-12-30(15-17)21-18-14-28-22(29-20(18)9-11-25-21)27-13-16-6-3-4-8-19(16)24/h3-4,6,8-9,11,14,17H,2,5,7,10,12-13,15H2,1H3,(H,26,31)(H,27,28,29). The van der Waals surface area contributed by atoms with E-state index in [9.17, 15) is 4.79 Å². The second kappa shape index (κ2) is 10.5. The number of aromatic nitrogens is 3. The van der Waals surface area contributed by atoms with E-state index in [0.717, 1.165) is 48.1 Å². The Balaban J connectivity index is 1.46. The molecule has 32 heavy (non-hydrogen) atoms. The van der Waals surface area contributed by atoms with E-state index in [1.807, 2.05) is 37.3 Å². The van der Waals surface area contributed by atoms with E-state index >= 15 is 0 Å². The van der Waals surface area contributed by atoms with E-state index in [1.54, 1.807) is 12.4 Å². The third-order valence-electron chi connectivity index (χ3n) is 5.35.